The van der Waals surface area contributed by atoms with E-state index in [0.29, 0.717) is 11.8 Å². The smallest absolute Gasteiger partial charge is 0.417 e. The molecule has 11 heteroatoms. The molecule has 6 nitrogen and oxygen atoms in total. The molecular formula is C21H14Cl2F3N3O3. The topological polar surface area (TPSA) is 83.8 Å². The van der Waals surface area contributed by atoms with Gasteiger partial charge in [0.15, 0.2) is 5.75 Å². The van der Waals surface area contributed by atoms with Crippen LogP contribution >= 0.6 is 23.2 Å². The number of carboxylic acid groups (broad SMARTS) is 1. The average molecular weight is 484 g/mol. The Bertz CT molecular complexity index is 1110. The summed E-state index contributed by atoms with van der Waals surface area (Å²) in [7, 11) is 0. The van der Waals surface area contributed by atoms with Crippen molar-refractivity contribution in [3.63, 3.8) is 0 Å². The number of carboxylic acids is 1. The van der Waals surface area contributed by atoms with Gasteiger partial charge in [-0.15, -0.1) is 0 Å². The van der Waals surface area contributed by atoms with Gasteiger partial charge in [-0.3, -0.25) is 5.43 Å². The van der Waals surface area contributed by atoms with E-state index in [-0.39, 0.29) is 33.8 Å². The lowest BCUT2D eigenvalue weighted by Crippen LogP contribution is -2.05. The largest absolute Gasteiger partial charge is 0.486 e. The van der Waals surface area contributed by atoms with Crippen molar-refractivity contribution in [2.45, 2.75) is 12.8 Å². The molecule has 0 atom stereocenters. The van der Waals surface area contributed by atoms with Crippen LogP contribution in [-0.4, -0.2) is 22.3 Å². The number of aromatic carboxylic acids is 1. The molecule has 1 heterocycles. The van der Waals surface area contributed by atoms with Crippen molar-refractivity contribution in [2.75, 3.05) is 5.43 Å². The zero-order valence-corrected chi connectivity index (χ0v) is 17.5. The minimum atomic E-state index is -4.46. The quantitative estimate of drug-likeness (QED) is 0.312. The number of pyridine rings is 1. The molecule has 0 aliphatic heterocycles. The Morgan fingerprint density at radius 3 is 2.31 bits per heavy atom. The molecule has 0 spiro atoms. The van der Waals surface area contributed by atoms with Crippen LogP contribution in [0.25, 0.3) is 0 Å². The predicted molar refractivity (Wildman–Crippen MR) is 115 cm³/mol. The average Bonchev–Trinajstić information content (AvgIpc) is 2.73. The zero-order chi connectivity index (χ0) is 23.3. The lowest BCUT2D eigenvalue weighted by molar-refractivity contribution is -0.137. The van der Waals surface area contributed by atoms with Gasteiger partial charge < -0.3 is 9.84 Å². The third kappa shape index (κ3) is 6.12. The molecular weight excluding hydrogens is 470 g/mol. The highest BCUT2D eigenvalue weighted by Gasteiger charge is 2.30. The number of carbonyl (C=O) groups is 1. The molecule has 0 aliphatic carbocycles. The molecule has 2 aromatic carbocycles. The molecule has 0 fully saturated rings. The summed E-state index contributed by atoms with van der Waals surface area (Å²) in [6.07, 6.45) is -2.40. The monoisotopic (exact) mass is 483 g/mol. The third-order valence-corrected chi connectivity index (χ3v) is 4.65. The molecule has 0 aliphatic rings. The third-order valence-electron chi connectivity index (χ3n) is 4.09. The van der Waals surface area contributed by atoms with Crippen molar-refractivity contribution in [3.8, 4) is 5.75 Å². The summed E-state index contributed by atoms with van der Waals surface area (Å²) in [5.41, 5.74) is 3.05. The van der Waals surface area contributed by atoms with Gasteiger partial charge in [0.1, 0.15) is 12.4 Å². The Kier molecular flexibility index (Phi) is 7.22. The maximum atomic E-state index is 12.6. The van der Waals surface area contributed by atoms with Crippen molar-refractivity contribution >= 4 is 41.2 Å². The van der Waals surface area contributed by atoms with Gasteiger partial charge in [0.25, 0.3) is 0 Å². The van der Waals surface area contributed by atoms with Crippen LogP contribution in [0.1, 0.15) is 27.0 Å². The fourth-order valence-electron chi connectivity index (χ4n) is 2.49. The minimum absolute atomic E-state index is 0.119. The van der Waals surface area contributed by atoms with Crippen molar-refractivity contribution < 1.29 is 27.8 Å². The van der Waals surface area contributed by atoms with E-state index in [9.17, 15) is 18.0 Å². The molecule has 3 aromatic rings. The van der Waals surface area contributed by atoms with Gasteiger partial charge in [-0.05, 0) is 47.5 Å². The Hall–Kier alpha value is -3.30. The Labute approximate surface area is 190 Å². The van der Waals surface area contributed by atoms with Gasteiger partial charge in [0.2, 0.25) is 0 Å². The number of hydrazone groups is 1. The van der Waals surface area contributed by atoms with Crippen molar-refractivity contribution in [1.29, 1.82) is 0 Å². The summed E-state index contributed by atoms with van der Waals surface area (Å²) in [5.74, 6) is -0.658. The number of aromatic nitrogens is 1. The van der Waals surface area contributed by atoms with E-state index < -0.39 is 17.7 Å². The molecule has 0 bridgehead atoms. The maximum Gasteiger partial charge on any atom is 0.417 e. The number of hydrogen-bond acceptors (Lipinski definition) is 5. The summed E-state index contributed by atoms with van der Waals surface area (Å²) in [4.78, 5) is 14.5. The number of halogens is 5. The van der Waals surface area contributed by atoms with Gasteiger partial charge in [-0.2, -0.15) is 18.3 Å². The second-order valence-corrected chi connectivity index (χ2v) is 7.22. The van der Waals surface area contributed by atoms with Crippen LogP contribution in [0.2, 0.25) is 10.0 Å². The van der Waals surface area contributed by atoms with E-state index >= 15 is 0 Å². The van der Waals surface area contributed by atoms with E-state index in [1.807, 2.05) is 0 Å². The molecule has 0 unspecified atom stereocenters. The summed E-state index contributed by atoms with van der Waals surface area (Å²) < 4.78 is 43.3. The number of nitrogens with one attached hydrogen (secondary N) is 1. The number of ether oxygens (including phenoxy) is 1. The molecule has 3 rings (SSSR count). The first-order valence-corrected chi connectivity index (χ1v) is 9.65. The number of benzene rings is 2. The molecule has 32 heavy (non-hydrogen) atoms. The van der Waals surface area contributed by atoms with Crippen LogP contribution in [0.3, 0.4) is 0 Å². The number of anilines is 1. The lowest BCUT2D eigenvalue weighted by atomic mass is 10.1. The van der Waals surface area contributed by atoms with Gasteiger partial charge in [-0.1, -0.05) is 35.3 Å². The van der Waals surface area contributed by atoms with Gasteiger partial charge in [0.05, 0.1) is 27.4 Å². The standard InChI is InChI=1S/C21H14Cl2F3N3O3/c22-16-7-13(9-28-29-18-6-5-15(10-27-18)21(24,25)26)8-17(23)19(16)32-11-12-1-3-14(4-2-12)20(30)31/h1-10H,11H2,(H,27,29)(H,30,31)/b28-9-. The SMILES string of the molecule is O=C(O)c1ccc(COc2c(Cl)cc(/C=N\Nc3ccc(C(F)(F)F)cn3)cc2Cl)cc1. The first-order valence-electron chi connectivity index (χ1n) is 8.90. The van der Waals surface area contributed by atoms with Crippen LogP contribution in [0, 0.1) is 0 Å². The number of nitrogens with zero attached hydrogens (tertiary/aromatic N) is 2. The zero-order valence-electron chi connectivity index (χ0n) is 16.0. The first-order chi connectivity index (χ1) is 15.1. The van der Waals surface area contributed by atoms with Crippen LogP contribution < -0.4 is 10.2 Å². The van der Waals surface area contributed by atoms with E-state index in [1.165, 1.54) is 18.3 Å². The van der Waals surface area contributed by atoms with Crippen LogP contribution in [0.4, 0.5) is 19.0 Å². The normalized spacial score (nSPS) is 11.5. The summed E-state index contributed by atoms with van der Waals surface area (Å²) >= 11 is 12.5. The summed E-state index contributed by atoms with van der Waals surface area (Å²) in [5, 5.41) is 13.3. The molecule has 0 saturated carbocycles. The Balaban J connectivity index is 1.62. The summed E-state index contributed by atoms with van der Waals surface area (Å²) in [6, 6.07) is 11.3. The van der Waals surface area contributed by atoms with Crippen LogP contribution in [-0.2, 0) is 12.8 Å². The number of alkyl halides is 3. The van der Waals surface area contributed by atoms with Crippen molar-refractivity contribution in [3.05, 3.63) is 87.0 Å². The Morgan fingerprint density at radius 1 is 1.12 bits per heavy atom. The molecule has 0 amide bonds. The van der Waals surface area contributed by atoms with Crippen molar-refractivity contribution in [1.82, 2.24) is 4.98 Å². The molecule has 166 valence electrons. The fraction of sp³-hybridized carbons (Fsp3) is 0.0952. The number of rotatable bonds is 7. The van der Waals surface area contributed by atoms with Crippen LogP contribution in [0.15, 0.2) is 59.8 Å². The second-order valence-electron chi connectivity index (χ2n) is 6.40. The summed E-state index contributed by atoms with van der Waals surface area (Å²) in [6.45, 7) is 0.119. The van der Waals surface area contributed by atoms with E-state index in [2.05, 4.69) is 15.5 Å². The first kappa shape index (κ1) is 23.4. The predicted octanol–water partition coefficient (Wildman–Crippen LogP) is 6.13. The second kappa shape index (κ2) is 9.88. The lowest BCUT2D eigenvalue weighted by Gasteiger charge is -2.11. The van der Waals surface area contributed by atoms with Crippen LogP contribution in [0.5, 0.6) is 5.75 Å². The van der Waals surface area contributed by atoms with Gasteiger partial charge >= 0.3 is 12.1 Å². The van der Waals surface area contributed by atoms with E-state index in [4.69, 9.17) is 33.0 Å². The van der Waals surface area contributed by atoms with Gasteiger partial charge in [-0.25, -0.2) is 9.78 Å². The fourth-order valence-corrected chi connectivity index (χ4v) is 3.10. The highest BCUT2D eigenvalue weighted by Crippen LogP contribution is 2.34. The Morgan fingerprint density at radius 2 is 1.78 bits per heavy atom. The van der Waals surface area contributed by atoms with Crippen molar-refractivity contribution in [2.24, 2.45) is 5.10 Å². The molecule has 1 aromatic heterocycles. The van der Waals surface area contributed by atoms with E-state index in [0.717, 1.165) is 17.7 Å². The molecule has 2 N–H and O–H groups in total. The minimum Gasteiger partial charge on any atom is -0.486 e. The molecule has 0 saturated heterocycles. The van der Waals surface area contributed by atoms with E-state index in [1.54, 1.807) is 24.3 Å². The maximum absolute atomic E-state index is 12.6. The van der Waals surface area contributed by atoms with Gasteiger partial charge in [0, 0.05) is 6.20 Å². The highest BCUT2D eigenvalue weighted by atomic mass is 35.5. The molecule has 0 radical (unpaired) electrons. The number of hydrogen-bond donors (Lipinski definition) is 2. The highest BCUT2D eigenvalue weighted by molar-refractivity contribution is 6.37.